The molecule has 1 aromatic rings. The highest BCUT2D eigenvalue weighted by atomic mass is 16.3. The number of aromatic nitrogens is 1. The number of hydrogen-bond acceptors (Lipinski definition) is 5. The Morgan fingerprint density at radius 1 is 1.00 bits per heavy atom. The van der Waals surface area contributed by atoms with E-state index >= 15 is 0 Å². The summed E-state index contributed by atoms with van der Waals surface area (Å²) >= 11 is 0. The first-order chi connectivity index (χ1) is 13.9. The molecule has 1 spiro atoms. The Morgan fingerprint density at radius 3 is 2.76 bits per heavy atom. The Balaban J connectivity index is 1.26. The summed E-state index contributed by atoms with van der Waals surface area (Å²) in [6.45, 7) is 4.97. The van der Waals surface area contributed by atoms with Crippen molar-refractivity contribution in [2.45, 2.75) is 83.4 Å². The van der Waals surface area contributed by atoms with Crippen LogP contribution < -0.4 is 5.32 Å². The van der Waals surface area contributed by atoms with E-state index in [1.165, 1.54) is 38.5 Å². The monoisotopic (exact) mass is 394 g/mol. The molecule has 1 unspecified atom stereocenters. The lowest BCUT2D eigenvalue weighted by Gasteiger charge is -2.62. The highest BCUT2D eigenvalue weighted by molar-refractivity contribution is 5.65. The third-order valence-electron chi connectivity index (χ3n) is 10.2. The molecule has 5 aliphatic rings. The molecule has 4 aliphatic carbocycles. The van der Waals surface area contributed by atoms with E-state index in [0.29, 0.717) is 11.3 Å². The minimum Gasteiger partial charge on any atom is -0.393 e. The third kappa shape index (κ3) is 2.46. The highest BCUT2D eigenvalue weighted by Gasteiger charge is 2.61. The van der Waals surface area contributed by atoms with E-state index in [2.05, 4.69) is 29.3 Å². The van der Waals surface area contributed by atoms with Crippen LogP contribution in [0.2, 0.25) is 0 Å². The maximum absolute atomic E-state index is 10.7. The second kappa shape index (κ2) is 6.03. The van der Waals surface area contributed by atoms with Gasteiger partial charge in [0, 0.05) is 6.20 Å². The van der Waals surface area contributed by atoms with E-state index in [1.54, 1.807) is 6.20 Å². The summed E-state index contributed by atoms with van der Waals surface area (Å²) in [6.07, 6.45) is 14.4. The first-order valence-corrected chi connectivity index (χ1v) is 11.8. The van der Waals surface area contributed by atoms with Gasteiger partial charge in [-0.3, -0.25) is 4.98 Å². The molecule has 0 radical (unpaired) electrons. The number of aliphatic hydroxyl groups is 1. The fourth-order valence-electron chi connectivity index (χ4n) is 8.42. The predicted molar refractivity (Wildman–Crippen MR) is 113 cm³/mol. The molecule has 4 saturated carbocycles. The Bertz CT molecular complexity index is 857. The van der Waals surface area contributed by atoms with Crippen molar-refractivity contribution >= 4 is 11.4 Å². The Hall–Kier alpha value is -1.49. The van der Waals surface area contributed by atoms with E-state index in [9.17, 15) is 5.11 Å². The molecule has 156 valence electrons. The second-order valence-electron chi connectivity index (χ2n) is 11.2. The molecule has 5 nitrogen and oxygen atoms in total. The number of nitrogens with zero attached hydrogens (tertiary/aromatic N) is 3. The van der Waals surface area contributed by atoms with Crippen molar-refractivity contribution in [2.24, 2.45) is 44.7 Å². The molecule has 5 heteroatoms. The van der Waals surface area contributed by atoms with Crippen molar-refractivity contribution in [2.75, 3.05) is 5.32 Å². The number of pyridine rings is 1. The van der Waals surface area contributed by atoms with Gasteiger partial charge in [0.2, 0.25) is 0 Å². The van der Waals surface area contributed by atoms with Crippen molar-refractivity contribution in [3.8, 4) is 0 Å². The predicted octanol–water partition coefficient (Wildman–Crippen LogP) is 5.69. The van der Waals surface area contributed by atoms with Crippen LogP contribution in [0.5, 0.6) is 0 Å². The van der Waals surface area contributed by atoms with Crippen molar-refractivity contribution < 1.29 is 5.11 Å². The number of rotatable bonds is 0. The first kappa shape index (κ1) is 18.3. The van der Waals surface area contributed by atoms with Crippen LogP contribution in [0.25, 0.3) is 0 Å². The Morgan fingerprint density at radius 2 is 1.86 bits per heavy atom. The maximum Gasteiger partial charge on any atom is 0.151 e. The molecule has 0 amide bonds. The summed E-state index contributed by atoms with van der Waals surface area (Å²) in [5, 5.41) is 23.8. The SMILES string of the molecule is C[C@]12CCC3(C[C@@H]1CC[C@@H]1[C@@H]2CC[C@]2(C)[C@@H](O)CC[C@@H]12)N=Nc1ccncc1N3. The van der Waals surface area contributed by atoms with Gasteiger partial charge in [0.25, 0.3) is 0 Å². The Labute approximate surface area is 173 Å². The molecule has 0 saturated heterocycles. The molecule has 2 heterocycles. The van der Waals surface area contributed by atoms with Gasteiger partial charge in [0.05, 0.1) is 18.0 Å². The molecule has 0 bridgehead atoms. The van der Waals surface area contributed by atoms with Crippen LogP contribution >= 0.6 is 0 Å². The quantitative estimate of drug-likeness (QED) is 0.594. The zero-order valence-electron chi connectivity index (χ0n) is 17.8. The van der Waals surface area contributed by atoms with Crippen LogP contribution in [0, 0.1) is 34.5 Å². The molecular weight excluding hydrogens is 360 g/mol. The van der Waals surface area contributed by atoms with Gasteiger partial charge in [0.1, 0.15) is 5.69 Å². The summed E-state index contributed by atoms with van der Waals surface area (Å²) in [5.74, 6) is 3.07. The fraction of sp³-hybridized carbons (Fsp3) is 0.792. The van der Waals surface area contributed by atoms with Gasteiger partial charge in [-0.1, -0.05) is 13.8 Å². The van der Waals surface area contributed by atoms with Gasteiger partial charge < -0.3 is 10.4 Å². The van der Waals surface area contributed by atoms with Gasteiger partial charge in [-0.2, -0.15) is 10.2 Å². The number of aliphatic hydroxyl groups excluding tert-OH is 1. The lowest BCUT2D eigenvalue weighted by Crippen LogP contribution is -2.57. The smallest absolute Gasteiger partial charge is 0.151 e. The fourth-order valence-corrected chi connectivity index (χ4v) is 8.42. The van der Waals surface area contributed by atoms with Crippen molar-refractivity contribution in [3.63, 3.8) is 0 Å². The Kier molecular flexibility index (Phi) is 3.80. The highest BCUT2D eigenvalue weighted by Crippen LogP contribution is 2.67. The lowest BCUT2D eigenvalue weighted by molar-refractivity contribution is -0.127. The van der Waals surface area contributed by atoms with Crippen LogP contribution in [0.15, 0.2) is 28.7 Å². The van der Waals surface area contributed by atoms with Crippen molar-refractivity contribution in [3.05, 3.63) is 18.5 Å². The van der Waals surface area contributed by atoms with Gasteiger partial charge in [-0.05, 0) is 98.4 Å². The summed E-state index contributed by atoms with van der Waals surface area (Å²) in [5.41, 5.74) is 2.30. The number of hydrogen-bond donors (Lipinski definition) is 2. The van der Waals surface area contributed by atoms with Crippen molar-refractivity contribution in [1.29, 1.82) is 0 Å². The number of anilines is 1. The molecule has 0 aromatic carbocycles. The van der Waals surface area contributed by atoms with Crippen LogP contribution in [-0.2, 0) is 0 Å². The van der Waals surface area contributed by atoms with Gasteiger partial charge in [0.15, 0.2) is 5.66 Å². The molecule has 8 atom stereocenters. The van der Waals surface area contributed by atoms with Gasteiger partial charge in [-0.25, -0.2) is 0 Å². The minimum atomic E-state index is -0.236. The molecule has 6 rings (SSSR count). The first-order valence-electron chi connectivity index (χ1n) is 11.8. The van der Waals surface area contributed by atoms with E-state index in [1.807, 2.05) is 12.3 Å². The summed E-state index contributed by atoms with van der Waals surface area (Å²) in [6, 6.07) is 1.94. The van der Waals surface area contributed by atoms with Crippen LogP contribution in [0.4, 0.5) is 11.4 Å². The molecule has 2 N–H and O–H groups in total. The molecular formula is C24H34N4O. The van der Waals surface area contributed by atoms with Crippen molar-refractivity contribution in [1.82, 2.24) is 4.98 Å². The number of fused-ring (bicyclic) bond motifs is 6. The van der Waals surface area contributed by atoms with E-state index in [-0.39, 0.29) is 17.2 Å². The second-order valence-corrected chi connectivity index (χ2v) is 11.2. The average molecular weight is 395 g/mol. The number of nitrogens with one attached hydrogen (secondary N) is 1. The largest absolute Gasteiger partial charge is 0.393 e. The zero-order chi connectivity index (χ0) is 19.9. The van der Waals surface area contributed by atoms with E-state index < -0.39 is 0 Å². The minimum absolute atomic E-state index is 0.0749. The normalized spacial score (nSPS) is 50.2. The summed E-state index contributed by atoms with van der Waals surface area (Å²) < 4.78 is 0. The van der Waals surface area contributed by atoms with E-state index in [0.717, 1.165) is 48.4 Å². The van der Waals surface area contributed by atoms with E-state index in [4.69, 9.17) is 5.11 Å². The van der Waals surface area contributed by atoms with Crippen LogP contribution in [0.3, 0.4) is 0 Å². The molecule has 4 fully saturated rings. The molecule has 1 aromatic heterocycles. The van der Waals surface area contributed by atoms with Gasteiger partial charge in [-0.15, -0.1) is 0 Å². The molecule has 29 heavy (non-hydrogen) atoms. The van der Waals surface area contributed by atoms with Crippen LogP contribution in [0.1, 0.15) is 71.6 Å². The van der Waals surface area contributed by atoms with Gasteiger partial charge >= 0.3 is 0 Å². The standard InChI is InChI=1S/C24H34N4O/c1-22-10-11-24(26-20-14-25-12-8-19(20)27-28-24)13-15(22)3-4-16-17-5-6-21(29)23(17,2)9-7-18(16)22/h8,12,14-18,21,26,29H,3-7,9-11,13H2,1-2H3/t15-,16-,17-,18-,21-,22-,23-,24?/m0/s1. The van der Waals surface area contributed by atoms with Crippen LogP contribution in [-0.4, -0.2) is 21.9 Å². The number of azo groups is 1. The maximum atomic E-state index is 10.7. The molecule has 1 aliphatic heterocycles. The lowest BCUT2D eigenvalue weighted by atomic mass is 9.44. The zero-order valence-corrected chi connectivity index (χ0v) is 17.8. The topological polar surface area (TPSA) is 69.9 Å². The summed E-state index contributed by atoms with van der Waals surface area (Å²) in [7, 11) is 0. The summed E-state index contributed by atoms with van der Waals surface area (Å²) in [4.78, 5) is 4.28. The average Bonchev–Trinajstić information content (AvgIpc) is 3.03. The third-order valence-corrected chi connectivity index (χ3v) is 10.2.